The quantitative estimate of drug-likeness (QED) is 0.343. The van der Waals surface area contributed by atoms with Gasteiger partial charge in [0.1, 0.15) is 5.58 Å². The van der Waals surface area contributed by atoms with Gasteiger partial charge in [-0.2, -0.15) is 0 Å². The first-order chi connectivity index (χ1) is 17.2. The van der Waals surface area contributed by atoms with Crippen molar-refractivity contribution in [3.05, 3.63) is 105 Å². The highest BCUT2D eigenvalue weighted by Crippen LogP contribution is 2.37. The van der Waals surface area contributed by atoms with Gasteiger partial charge in [-0.15, -0.1) is 0 Å². The van der Waals surface area contributed by atoms with Crippen LogP contribution in [0.4, 0.5) is 11.6 Å². The molecule has 2 heterocycles. The summed E-state index contributed by atoms with van der Waals surface area (Å²) in [5, 5.41) is 13.4. The van der Waals surface area contributed by atoms with E-state index in [-0.39, 0.29) is 22.4 Å². The third-order valence-electron chi connectivity index (χ3n) is 7.24. The Labute approximate surface area is 210 Å². The van der Waals surface area contributed by atoms with Gasteiger partial charge in [0.25, 0.3) is 0 Å². The highest BCUT2D eigenvalue weighted by atomic mass is 16.4. The average molecular weight is 483 g/mol. The van der Waals surface area contributed by atoms with Crippen molar-refractivity contribution in [3.63, 3.8) is 0 Å². The second kappa shape index (κ2) is 9.19. The minimum Gasteiger partial charge on any atom is -0.478 e. The Balaban J connectivity index is 1.53. The lowest BCUT2D eigenvalue weighted by molar-refractivity contribution is 0.0698. The molecule has 4 aromatic rings. The summed E-state index contributed by atoms with van der Waals surface area (Å²) >= 11 is 0. The molecule has 1 fully saturated rings. The molecule has 0 aliphatic carbocycles. The van der Waals surface area contributed by atoms with E-state index in [9.17, 15) is 14.7 Å². The second-order valence-corrected chi connectivity index (χ2v) is 9.99. The van der Waals surface area contributed by atoms with Crippen molar-refractivity contribution >= 4 is 28.5 Å². The van der Waals surface area contributed by atoms with Crippen molar-refractivity contribution in [2.45, 2.75) is 38.6 Å². The van der Waals surface area contributed by atoms with Crippen molar-refractivity contribution < 1.29 is 14.3 Å². The molecule has 1 aliphatic rings. The van der Waals surface area contributed by atoms with Crippen LogP contribution in [0.5, 0.6) is 0 Å². The average Bonchev–Trinajstić information content (AvgIpc) is 3.28. The van der Waals surface area contributed by atoms with Crippen molar-refractivity contribution in [2.24, 2.45) is 0 Å². The molecule has 1 unspecified atom stereocenters. The van der Waals surface area contributed by atoms with Crippen LogP contribution in [0.3, 0.4) is 0 Å². The largest absolute Gasteiger partial charge is 0.478 e. The summed E-state index contributed by atoms with van der Waals surface area (Å²) < 4.78 is 6.45. The zero-order valence-electron chi connectivity index (χ0n) is 20.7. The van der Waals surface area contributed by atoms with Crippen LogP contribution in [0.2, 0.25) is 0 Å². The number of aromatic carboxylic acids is 1. The molecule has 1 aliphatic heterocycles. The van der Waals surface area contributed by atoms with Crippen LogP contribution in [-0.4, -0.2) is 24.2 Å². The predicted octanol–water partition coefficient (Wildman–Crippen LogP) is 6.14. The maximum atomic E-state index is 13.2. The van der Waals surface area contributed by atoms with Gasteiger partial charge in [0.05, 0.1) is 17.0 Å². The molecule has 0 spiro atoms. The first-order valence-corrected chi connectivity index (χ1v) is 12.2. The van der Waals surface area contributed by atoms with Gasteiger partial charge in [-0.3, -0.25) is 4.79 Å². The summed E-state index contributed by atoms with van der Waals surface area (Å²) in [7, 11) is 0. The molecular weight excluding hydrogens is 452 g/mol. The van der Waals surface area contributed by atoms with Gasteiger partial charge in [0.2, 0.25) is 0 Å². The molecule has 36 heavy (non-hydrogen) atoms. The van der Waals surface area contributed by atoms with E-state index in [2.05, 4.69) is 41.4 Å². The van der Waals surface area contributed by atoms with Crippen molar-refractivity contribution in [1.29, 1.82) is 0 Å². The molecule has 3 aromatic carbocycles. The Kier molecular flexibility index (Phi) is 6.04. The molecular formula is C30H30N2O4. The summed E-state index contributed by atoms with van der Waals surface area (Å²) in [5.41, 5.74) is 4.17. The Morgan fingerprint density at radius 2 is 1.81 bits per heavy atom. The highest BCUT2D eigenvalue weighted by molar-refractivity contribution is 5.94. The van der Waals surface area contributed by atoms with Gasteiger partial charge in [-0.05, 0) is 49.6 Å². The molecule has 6 nitrogen and oxygen atoms in total. The number of nitrogens with one attached hydrogen (secondary N) is 1. The van der Waals surface area contributed by atoms with Crippen molar-refractivity contribution in [1.82, 2.24) is 0 Å². The van der Waals surface area contributed by atoms with Gasteiger partial charge in [0, 0.05) is 35.8 Å². The predicted molar refractivity (Wildman–Crippen MR) is 143 cm³/mol. The third kappa shape index (κ3) is 4.35. The lowest BCUT2D eigenvalue weighted by atomic mass is 9.82. The topological polar surface area (TPSA) is 82.8 Å². The van der Waals surface area contributed by atoms with E-state index in [4.69, 9.17) is 4.42 Å². The van der Waals surface area contributed by atoms with Crippen LogP contribution in [0, 0.1) is 6.92 Å². The maximum absolute atomic E-state index is 13.2. The fourth-order valence-corrected chi connectivity index (χ4v) is 5.23. The first-order valence-electron chi connectivity index (χ1n) is 12.2. The number of aryl methyl sites for hydroxylation is 1. The maximum Gasteiger partial charge on any atom is 0.337 e. The minimum absolute atomic E-state index is 0.0275. The number of anilines is 2. The Morgan fingerprint density at radius 3 is 2.56 bits per heavy atom. The van der Waals surface area contributed by atoms with Gasteiger partial charge >= 0.3 is 5.97 Å². The molecule has 0 radical (unpaired) electrons. The van der Waals surface area contributed by atoms with E-state index < -0.39 is 5.97 Å². The number of hydrogen-bond acceptors (Lipinski definition) is 5. The van der Waals surface area contributed by atoms with Crippen molar-refractivity contribution in [2.75, 3.05) is 23.3 Å². The zero-order chi connectivity index (χ0) is 25.4. The lowest BCUT2D eigenvalue weighted by Crippen LogP contribution is -2.28. The molecule has 0 amide bonds. The molecule has 2 atom stereocenters. The van der Waals surface area contributed by atoms with Crippen LogP contribution < -0.4 is 15.6 Å². The standard InChI is InChI=1S/C30H30N2O4/c1-19-15-23(20(2)31-25-12-8-7-11-22(25)29(34)35)28-24(16-19)26(33)17-27(36-28)32-14-13-30(3,18-32)21-9-5-4-6-10-21/h4-12,15-17,20,31H,13-14,18H2,1-3H3,(H,34,35)/t20-,30?/m1/s1. The number of fused-ring (bicyclic) bond motifs is 1. The van der Waals surface area contributed by atoms with Crippen LogP contribution in [-0.2, 0) is 5.41 Å². The second-order valence-electron chi connectivity index (χ2n) is 9.99. The molecule has 2 N–H and O–H groups in total. The van der Waals surface area contributed by atoms with E-state index >= 15 is 0 Å². The normalized spacial score (nSPS) is 18.4. The Morgan fingerprint density at radius 1 is 1.08 bits per heavy atom. The summed E-state index contributed by atoms with van der Waals surface area (Å²) in [5.74, 6) is -0.431. The number of carboxylic acid groups (broad SMARTS) is 1. The fourth-order valence-electron chi connectivity index (χ4n) is 5.23. The van der Waals surface area contributed by atoms with Gasteiger partial charge in [0.15, 0.2) is 11.3 Å². The van der Waals surface area contributed by atoms with Crippen molar-refractivity contribution in [3.8, 4) is 0 Å². The number of nitrogens with zero attached hydrogens (tertiary/aromatic N) is 1. The van der Waals surface area contributed by atoms with Crippen LogP contribution in [0.25, 0.3) is 11.0 Å². The summed E-state index contributed by atoms with van der Waals surface area (Å²) in [6.45, 7) is 7.69. The van der Waals surface area contributed by atoms with Gasteiger partial charge in [-0.25, -0.2) is 4.79 Å². The molecule has 1 saturated heterocycles. The number of rotatable bonds is 6. The summed E-state index contributed by atoms with van der Waals surface area (Å²) in [6.07, 6.45) is 0.962. The van der Waals surface area contributed by atoms with E-state index in [0.29, 0.717) is 22.5 Å². The number of carbonyl (C=O) groups is 1. The molecule has 184 valence electrons. The molecule has 1 aromatic heterocycles. The van der Waals surface area contributed by atoms with Gasteiger partial charge < -0.3 is 19.7 Å². The first kappa shape index (κ1) is 23.7. The minimum atomic E-state index is -0.997. The molecule has 0 saturated carbocycles. The van der Waals surface area contributed by atoms with E-state index in [1.54, 1.807) is 30.3 Å². The zero-order valence-corrected chi connectivity index (χ0v) is 20.7. The number of carboxylic acids is 1. The lowest BCUT2D eigenvalue weighted by Gasteiger charge is -2.26. The van der Waals surface area contributed by atoms with E-state index in [1.165, 1.54) is 5.56 Å². The van der Waals surface area contributed by atoms with Crippen LogP contribution in [0.15, 0.2) is 82.0 Å². The van der Waals surface area contributed by atoms with Gasteiger partial charge in [-0.1, -0.05) is 55.5 Å². The summed E-state index contributed by atoms with van der Waals surface area (Å²) in [4.78, 5) is 27.1. The molecule has 6 heteroatoms. The number of hydrogen-bond donors (Lipinski definition) is 2. The van der Waals surface area contributed by atoms with Crippen LogP contribution >= 0.6 is 0 Å². The number of para-hydroxylation sites is 1. The third-order valence-corrected chi connectivity index (χ3v) is 7.24. The SMILES string of the molecule is Cc1cc([C@@H](C)Nc2ccccc2C(=O)O)c2oc(N3CCC(C)(c4ccccc4)C3)cc(=O)c2c1. The Hall–Kier alpha value is -4.06. The molecule has 0 bridgehead atoms. The summed E-state index contributed by atoms with van der Waals surface area (Å²) in [6, 6.07) is 22.4. The highest BCUT2D eigenvalue weighted by Gasteiger charge is 2.36. The fraction of sp³-hybridized carbons (Fsp3) is 0.267. The number of benzene rings is 3. The van der Waals surface area contributed by atoms with E-state index in [0.717, 1.165) is 30.6 Å². The Bertz CT molecular complexity index is 1490. The monoisotopic (exact) mass is 482 g/mol. The van der Waals surface area contributed by atoms with E-state index in [1.807, 2.05) is 32.0 Å². The van der Waals surface area contributed by atoms with Crippen LogP contribution in [0.1, 0.15) is 53.4 Å². The molecule has 5 rings (SSSR count). The smallest absolute Gasteiger partial charge is 0.337 e.